The van der Waals surface area contributed by atoms with E-state index in [9.17, 15) is 4.79 Å². The average molecular weight is 212 g/mol. The maximum absolute atomic E-state index is 11.2. The van der Waals surface area contributed by atoms with E-state index in [4.69, 9.17) is 0 Å². The van der Waals surface area contributed by atoms with Crippen molar-refractivity contribution in [1.82, 2.24) is 15.4 Å². The third-order valence-corrected chi connectivity index (χ3v) is 1.75. The van der Waals surface area contributed by atoms with E-state index in [-0.39, 0.29) is 6.03 Å². The fraction of sp³-hybridized carbons (Fsp3) is 0.556. The highest BCUT2D eigenvalue weighted by atomic mass is 16.5. The second kappa shape index (κ2) is 6.02. The summed E-state index contributed by atoms with van der Waals surface area (Å²) in [5.41, 5.74) is 0. The molecule has 0 aromatic carbocycles. The molecule has 0 spiro atoms. The summed E-state index contributed by atoms with van der Waals surface area (Å²) in [5, 5.41) is 8.82. The van der Waals surface area contributed by atoms with Crippen molar-refractivity contribution in [2.24, 2.45) is 0 Å². The molecular formula is C9H16N4O2. The molecule has 84 valence electrons. The molecule has 6 nitrogen and oxygen atoms in total. The van der Waals surface area contributed by atoms with Crippen LogP contribution < -0.4 is 10.6 Å². The van der Waals surface area contributed by atoms with Crippen LogP contribution in [0, 0.1) is 0 Å². The Labute approximate surface area is 88.6 Å². The normalized spacial score (nSPS) is 10.3. The maximum atomic E-state index is 11.2. The van der Waals surface area contributed by atoms with Gasteiger partial charge in [0.2, 0.25) is 0 Å². The van der Waals surface area contributed by atoms with Crippen molar-refractivity contribution in [2.75, 3.05) is 32.5 Å². The van der Waals surface area contributed by atoms with Crippen molar-refractivity contribution in [1.29, 1.82) is 0 Å². The van der Waals surface area contributed by atoms with Gasteiger partial charge in [-0.1, -0.05) is 5.16 Å². The number of nitrogens with zero attached hydrogens (tertiary/aromatic N) is 2. The summed E-state index contributed by atoms with van der Waals surface area (Å²) in [6.07, 6.45) is 2.32. The summed E-state index contributed by atoms with van der Waals surface area (Å²) in [7, 11) is 3.99. The number of carbonyl (C=O) groups excluding carboxylic acids is 1. The van der Waals surface area contributed by atoms with Crippen molar-refractivity contribution >= 4 is 11.8 Å². The van der Waals surface area contributed by atoms with Crippen LogP contribution in [0.25, 0.3) is 0 Å². The van der Waals surface area contributed by atoms with E-state index >= 15 is 0 Å². The molecule has 6 heteroatoms. The van der Waals surface area contributed by atoms with Gasteiger partial charge in [-0.25, -0.2) is 4.79 Å². The lowest BCUT2D eigenvalue weighted by atomic mass is 10.4. The van der Waals surface area contributed by atoms with Crippen LogP contribution in [0.3, 0.4) is 0 Å². The fourth-order valence-corrected chi connectivity index (χ4v) is 1.03. The molecule has 1 heterocycles. The molecule has 0 aliphatic carbocycles. The Kier molecular flexibility index (Phi) is 4.62. The van der Waals surface area contributed by atoms with Crippen LogP contribution in [-0.2, 0) is 0 Å². The zero-order valence-corrected chi connectivity index (χ0v) is 8.99. The van der Waals surface area contributed by atoms with Crippen LogP contribution in [-0.4, -0.2) is 43.3 Å². The number of hydrogen-bond donors (Lipinski definition) is 2. The number of urea groups is 1. The van der Waals surface area contributed by atoms with E-state index in [1.165, 1.54) is 6.26 Å². The number of rotatable bonds is 5. The molecule has 1 aromatic rings. The summed E-state index contributed by atoms with van der Waals surface area (Å²) in [6, 6.07) is 1.32. The molecule has 0 saturated heterocycles. The first-order chi connectivity index (χ1) is 7.18. The maximum Gasteiger partial charge on any atom is 0.320 e. The molecule has 0 unspecified atom stereocenters. The van der Waals surface area contributed by atoms with Gasteiger partial charge < -0.3 is 14.7 Å². The van der Waals surface area contributed by atoms with Gasteiger partial charge >= 0.3 is 6.03 Å². The lowest BCUT2D eigenvalue weighted by Crippen LogP contribution is -2.31. The van der Waals surface area contributed by atoms with E-state index in [0.29, 0.717) is 12.4 Å². The molecule has 0 radical (unpaired) electrons. The third kappa shape index (κ3) is 5.02. The van der Waals surface area contributed by atoms with E-state index in [1.54, 1.807) is 6.07 Å². The molecule has 15 heavy (non-hydrogen) atoms. The Morgan fingerprint density at radius 1 is 1.60 bits per heavy atom. The Morgan fingerprint density at radius 3 is 3.00 bits per heavy atom. The zero-order valence-electron chi connectivity index (χ0n) is 8.99. The van der Waals surface area contributed by atoms with E-state index in [0.717, 1.165) is 13.0 Å². The average Bonchev–Trinajstić information content (AvgIpc) is 2.64. The molecule has 0 atom stereocenters. The minimum absolute atomic E-state index is 0.261. The Bertz CT molecular complexity index is 284. The SMILES string of the molecule is CN(C)CCCNC(=O)Nc1ccon1. The molecule has 0 bridgehead atoms. The molecule has 0 saturated carbocycles. The second-order valence-corrected chi connectivity index (χ2v) is 3.42. The molecule has 1 rings (SSSR count). The van der Waals surface area contributed by atoms with Crippen LogP contribution in [0.15, 0.2) is 16.9 Å². The summed E-state index contributed by atoms with van der Waals surface area (Å²) in [5.74, 6) is 0.417. The number of aromatic nitrogens is 1. The largest absolute Gasteiger partial charge is 0.363 e. The highest BCUT2D eigenvalue weighted by Gasteiger charge is 2.02. The first-order valence-corrected chi connectivity index (χ1v) is 4.78. The molecule has 0 fully saturated rings. The monoisotopic (exact) mass is 212 g/mol. The quantitative estimate of drug-likeness (QED) is 0.706. The van der Waals surface area contributed by atoms with Gasteiger partial charge in [0.1, 0.15) is 6.26 Å². The van der Waals surface area contributed by atoms with Crippen LogP contribution in [0.1, 0.15) is 6.42 Å². The molecule has 0 aliphatic rings. The van der Waals surface area contributed by atoms with Crippen LogP contribution in [0.4, 0.5) is 10.6 Å². The van der Waals surface area contributed by atoms with E-state index in [2.05, 4.69) is 25.2 Å². The second-order valence-electron chi connectivity index (χ2n) is 3.42. The van der Waals surface area contributed by atoms with Crippen LogP contribution in [0.5, 0.6) is 0 Å². The topological polar surface area (TPSA) is 70.4 Å². The number of anilines is 1. The number of nitrogens with one attached hydrogen (secondary N) is 2. The molecule has 0 aliphatic heterocycles. The number of hydrogen-bond acceptors (Lipinski definition) is 4. The Balaban J connectivity index is 2.09. The van der Waals surface area contributed by atoms with Gasteiger partial charge in [0.05, 0.1) is 0 Å². The first kappa shape index (κ1) is 11.5. The van der Waals surface area contributed by atoms with Crippen molar-refractivity contribution in [3.63, 3.8) is 0 Å². The number of carbonyl (C=O) groups is 1. The van der Waals surface area contributed by atoms with Crippen molar-refractivity contribution < 1.29 is 9.32 Å². The van der Waals surface area contributed by atoms with Crippen LogP contribution >= 0.6 is 0 Å². The van der Waals surface area contributed by atoms with Gasteiger partial charge in [-0.3, -0.25) is 5.32 Å². The third-order valence-electron chi connectivity index (χ3n) is 1.75. The predicted octanol–water partition coefficient (Wildman–Crippen LogP) is 0.748. The van der Waals surface area contributed by atoms with Gasteiger partial charge in [0, 0.05) is 12.6 Å². The van der Waals surface area contributed by atoms with Crippen molar-refractivity contribution in [3.05, 3.63) is 12.3 Å². The Morgan fingerprint density at radius 2 is 2.40 bits per heavy atom. The van der Waals surface area contributed by atoms with Gasteiger partial charge in [-0.2, -0.15) is 0 Å². The first-order valence-electron chi connectivity index (χ1n) is 4.78. The highest BCUT2D eigenvalue weighted by Crippen LogP contribution is 1.99. The predicted molar refractivity (Wildman–Crippen MR) is 56.7 cm³/mol. The number of amides is 2. The lowest BCUT2D eigenvalue weighted by Gasteiger charge is -2.09. The highest BCUT2D eigenvalue weighted by molar-refractivity contribution is 5.87. The van der Waals surface area contributed by atoms with E-state index in [1.807, 2.05) is 14.1 Å². The van der Waals surface area contributed by atoms with Gasteiger partial charge in [0.25, 0.3) is 0 Å². The zero-order chi connectivity index (χ0) is 11.1. The van der Waals surface area contributed by atoms with Gasteiger partial charge in [0.15, 0.2) is 5.82 Å². The fourth-order valence-electron chi connectivity index (χ4n) is 1.03. The van der Waals surface area contributed by atoms with Crippen molar-refractivity contribution in [2.45, 2.75) is 6.42 Å². The van der Waals surface area contributed by atoms with Crippen LogP contribution in [0.2, 0.25) is 0 Å². The summed E-state index contributed by atoms with van der Waals surface area (Å²) in [4.78, 5) is 13.3. The standard InChI is InChI=1S/C9H16N4O2/c1-13(2)6-3-5-10-9(14)11-8-4-7-15-12-8/h4,7H,3,5-6H2,1-2H3,(H2,10,11,12,14). The summed E-state index contributed by atoms with van der Waals surface area (Å²) in [6.45, 7) is 1.59. The molecule has 2 N–H and O–H groups in total. The summed E-state index contributed by atoms with van der Waals surface area (Å²) >= 11 is 0. The van der Waals surface area contributed by atoms with Gasteiger partial charge in [-0.15, -0.1) is 0 Å². The lowest BCUT2D eigenvalue weighted by molar-refractivity contribution is 0.251. The van der Waals surface area contributed by atoms with E-state index < -0.39 is 0 Å². The minimum Gasteiger partial charge on any atom is -0.363 e. The van der Waals surface area contributed by atoms with Gasteiger partial charge in [-0.05, 0) is 27.1 Å². The molecule has 1 aromatic heterocycles. The molecule has 2 amide bonds. The smallest absolute Gasteiger partial charge is 0.320 e. The summed E-state index contributed by atoms with van der Waals surface area (Å²) < 4.78 is 4.57. The minimum atomic E-state index is -0.261. The van der Waals surface area contributed by atoms with Crippen molar-refractivity contribution in [3.8, 4) is 0 Å². The molecular weight excluding hydrogens is 196 g/mol. The Hall–Kier alpha value is -1.56.